The molecule has 102 heavy (non-hydrogen) atoms. The first-order valence-electron chi connectivity index (χ1n) is 32.6. The van der Waals surface area contributed by atoms with Crippen molar-refractivity contribution in [1.82, 2.24) is 40.7 Å². The van der Waals surface area contributed by atoms with E-state index >= 15 is 8.63 Å². The van der Waals surface area contributed by atoms with Gasteiger partial charge in [-0.2, -0.15) is 16.8 Å². The Labute approximate surface area is 588 Å². The third-order valence-electron chi connectivity index (χ3n) is 16.4. The second-order valence-corrected chi connectivity index (χ2v) is 29.9. The summed E-state index contributed by atoms with van der Waals surface area (Å²) < 4.78 is 123. The van der Waals surface area contributed by atoms with E-state index in [9.17, 15) is 74.4 Å². The standard InChI is InChI=1S/C65H85BF2N12O20S2/c1-42-16-23-51(71-42)57-35-46(14-11-30-80(7,8)9)55-36-54-45(13-10-29-79(4,5)6)33-48(75(54)66(67,68)76(55)57)20-17-44-18-21-49(22-19-44)97-31-12-15-59(82)72-53(41-102(94,95)96)64(87)70-38-60(83)73-52(40-101(91,92)93)63(86)69-26-27-74(3)28-32-98-58-37-56(78(89)90)50(34-47(58)39-81)43(2)99-65(88)100-77-61(84)24-25-62(77)85/h16-23,33-37,39,43,52-53,71H,10-15,24-32,38,40-41H2,1-9H3,(H4-2,69,70,72,73,82,83,86,87,91,92,93,94,95,96)/p+2/b20-17+. The summed E-state index contributed by atoms with van der Waals surface area (Å²) in [6.07, 6.45) is 6.60. The van der Waals surface area contributed by atoms with E-state index in [0.717, 1.165) is 59.4 Å². The number of carbonyl (C=O) groups is 8. The minimum absolute atomic E-state index is 0.0103. The largest absolute Gasteiger partial charge is 0.737 e. The van der Waals surface area contributed by atoms with Crippen LogP contribution in [0.1, 0.15) is 96.4 Å². The quantitative estimate of drug-likeness (QED) is 0.00387. The van der Waals surface area contributed by atoms with Gasteiger partial charge in [-0.1, -0.05) is 17.2 Å². The number of hydrogen-bond acceptors (Lipinski definition) is 19. The van der Waals surface area contributed by atoms with Crippen LogP contribution in [0, 0.1) is 17.0 Å². The number of H-pyrrole nitrogens is 1. The van der Waals surface area contributed by atoms with Crippen molar-refractivity contribution in [3.05, 3.63) is 122 Å². The molecule has 1 fully saturated rings. The molecule has 7 rings (SSSR count). The molecule has 4 aromatic rings. The average molecular weight is 1470 g/mol. The molecule has 3 aliphatic rings. The lowest BCUT2D eigenvalue weighted by atomic mass is 9.88. The Morgan fingerprint density at radius 3 is 2.02 bits per heavy atom. The van der Waals surface area contributed by atoms with Gasteiger partial charge in [0.2, 0.25) is 23.6 Å². The molecule has 5 heterocycles. The molecule has 1 saturated heterocycles. The first kappa shape index (κ1) is 79.8. The van der Waals surface area contributed by atoms with Gasteiger partial charge in [-0.25, -0.2) is 4.79 Å². The van der Waals surface area contributed by atoms with Crippen LogP contribution in [0.5, 0.6) is 11.5 Å². The highest BCUT2D eigenvalue weighted by atomic mass is 32.2. The molecule has 2 aromatic carbocycles. The summed E-state index contributed by atoms with van der Waals surface area (Å²) in [6, 6.07) is 10.3. The number of aromatic nitrogens is 2. The molecule has 7 N–H and O–H groups in total. The first-order chi connectivity index (χ1) is 47.7. The first-order valence-corrected chi connectivity index (χ1v) is 35.8. The van der Waals surface area contributed by atoms with E-state index < -0.39 is 116 Å². The summed E-state index contributed by atoms with van der Waals surface area (Å²) in [5.41, 5.74) is 4.36. The number of ether oxygens (including phenoxy) is 3. The van der Waals surface area contributed by atoms with Crippen molar-refractivity contribution in [2.45, 2.75) is 83.4 Å². The van der Waals surface area contributed by atoms with Crippen molar-refractivity contribution in [2.75, 3.05) is 113 Å². The molecule has 3 unspecified atom stereocenters. The van der Waals surface area contributed by atoms with Gasteiger partial charge in [0.15, 0.2) is 17.7 Å². The van der Waals surface area contributed by atoms with Crippen molar-refractivity contribution >= 4 is 98.6 Å². The molecular formula is C65H87BF2N12O20S2+2. The fourth-order valence-electron chi connectivity index (χ4n) is 11.4. The van der Waals surface area contributed by atoms with Crippen molar-refractivity contribution < 1.29 is 110 Å². The minimum atomic E-state index is -4.96. The number of hydroxylamine groups is 2. The molecule has 3 aliphatic heterocycles. The molecule has 0 aliphatic carbocycles. The van der Waals surface area contributed by atoms with Gasteiger partial charge in [0.05, 0.1) is 96.3 Å². The second-order valence-electron chi connectivity index (χ2n) is 26.9. The number of likely N-dealkylation sites (N-methyl/N-ethyl adjacent to an activating group) is 1. The van der Waals surface area contributed by atoms with Crippen LogP contribution in [0.3, 0.4) is 0 Å². The van der Waals surface area contributed by atoms with Gasteiger partial charge >= 0.3 is 13.1 Å². The number of nitrogens with zero attached hydrogens (tertiary/aromatic N) is 7. The maximum atomic E-state index is 17.7. The van der Waals surface area contributed by atoms with Crippen LogP contribution < -0.4 is 30.7 Å². The molecule has 0 saturated carbocycles. The number of aldehydes is 1. The number of allylic oxidation sites excluding steroid dienone is 3. The van der Waals surface area contributed by atoms with E-state index in [-0.39, 0.29) is 80.5 Å². The van der Waals surface area contributed by atoms with Crippen molar-refractivity contribution in [2.24, 2.45) is 0 Å². The Balaban J connectivity index is 0.887. The number of aryl methyl sites for hydroxylation is 2. The molecule has 32 nitrogen and oxygen atoms in total. The van der Waals surface area contributed by atoms with E-state index in [4.69, 9.17) is 14.2 Å². The number of quaternary nitrogens is 2. The van der Waals surface area contributed by atoms with Crippen LogP contribution in [-0.2, 0) is 65.0 Å². The van der Waals surface area contributed by atoms with Gasteiger partial charge in [0.25, 0.3) is 37.7 Å². The van der Waals surface area contributed by atoms with Crippen LogP contribution in [-0.4, -0.2) is 250 Å². The highest BCUT2D eigenvalue weighted by Crippen LogP contribution is 2.42. The number of amides is 6. The summed E-state index contributed by atoms with van der Waals surface area (Å²) in [5.74, 6) is -8.65. The maximum absolute atomic E-state index is 17.7. The number of nitro benzene ring substituents is 1. The SMILES string of the molecule is Cc1ccc(-c2cc(CCC[N+](C)(C)C)c3n2[B-](F)(F)[N+]2=C(/C=C/c4ccc(OCCCC(=O)NC(CS(=O)(=O)O)C(=O)NCC(=O)NC(CS(=O)(=O)O)C(=O)NCCN(C)CCOc5cc([N+](=O)[O-])c(C(C)OC(=O)ON6C(=O)CCC6=O)cc5C=O)cc4)C=C(CCC[N+](C)(C)C)C2=C3)[nH]1. The second kappa shape index (κ2) is 34.0. The summed E-state index contributed by atoms with van der Waals surface area (Å²) in [5, 5.41) is 20.9. The minimum Gasteiger partial charge on any atom is -0.494 e. The zero-order valence-corrected chi connectivity index (χ0v) is 59.7. The molecule has 37 heteroatoms. The van der Waals surface area contributed by atoms with Crippen LogP contribution in [0.2, 0.25) is 0 Å². The van der Waals surface area contributed by atoms with Gasteiger partial charge in [-0.05, 0) is 93.8 Å². The number of hydrogen-bond donors (Lipinski definition) is 7. The predicted molar refractivity (Wildman–Crippen MR) is 368 cm³/mol. The van der Waals surface area contributed by atoms with Gasteiger partial charge in [0, 0.05) is 92.6 Å². The normalized spacial score (nSPS) is 15.5. The number of nitro groups is 1. The highest BCUT2D eigenvalue weighted by molar-refractivity contribution is 7.86. The molecule has 2 aromatic heterocycles. The summed E-state index contributed by atoms with van der Waals surface area (Å²) in [7, 11) is 4.21. The van der Waals surface area contributed by atoms with Gasteiger partial charge in [0.1, 0.15) is 47.8 Å². The molecule has 6 amide bonds. The highest BCUT2D eigenvalue weighted by Gasteiger charge is 2.54. The molecular weight excluding hydrogens is 1380 g/mol. The Kier molecular flexibility index (Phi) is 26.6. The van der Waals surface area contributed by atoms with Crippen LogP contribution in [0.4, 0.5) is 19.1 Å². The van der Waals surface area contributed by atoms with E-state index in [1.54, 1.807) is 41.3 Å². The molecule has 0 spiro atoms. The number of halogens is 2. The fourth-order valence-corrected chi connectivity index (χ4v) is 12.7. The maximum Gasteiger partial charge on any atom is 0.737 e. The predicted octanol–water partition coefficient (Wildman–Crippen LogP) is 3.75. The smallest absolute Gasteiger partial charge is 0.494 e. The Morgan fingerprint density at radius 1 is 0.814 bits per heavy atom. The van der Waals surface area contributed by atoms with E-state index in [0.29, 0.717) is 63.4 Å². The Bertz CT molecular complexity index is 4200. The fraction of sp³-hybridized carbons (Fsp3) is 0.462. The molecule has 3 atom stereocenters. The Morgan fingerprint density at radius 2 is 1.43 bits per heavy atom. The third-order valence-corrected chi connectivity index (χ3v) is 17.9. The number of benzene rings is 2. The Hall–Kier alpha value is -9.53. The van der Waals surface area contributed by atoms with Crippen LogP contribution in [0.15, 0.2) is 78.0 Å². The number of imide groups is 1. The summed E-state index contributed by atoms with van der Waals surface area (Å²) in [6.45, 7) is -1.10. The van der Waals surface area contributed by atoms with Gasteiger partial charge < -0.3 is 71.9 Å². The number of aromatic amines is 1. The third kappa shape index (κ3) is 23.0. The molecule has 0 radical (unpaired) electrons. The van der Waals surface area contributed by atoms with Crippen molar-refractivity contribution in [1.29, 1.82) is 0 Å². The number of carbonyl (C=O) groups excluding carboxylic acids is 8. The van der Waals surface area contributed by atoms with Crippen molar-refractivity contribution in [3.63, 3.8) is 0 Å². The molecule has 554 valence electrons. The molecule has 0 bridgehead atoms. The van der Waals surface area contributed by atoms with Crippen LogP contribution in [0.25, 0.3) is 23.5 Å². The summed E-state index contributed by atoms with van der Waals surface area (Å²) in [4.78, 5) is 121. The number of nitrogens with one attached hydrogen (secondary N) is 5. The van der Waals surface area contributed by atoms with E-state index in [1.165, 1.54) is 22.9 Å². The summed E-state index contributed by atoms with van der Waals surface area (Å²) >= 11 is 0. The lowest BCUT2D eigenvalue weighted by molar-refractivity contribution is -0.870. The average Bonchev–Trinajstić information content (AvgIpc) is 1.55. The van der Waals surface area contributed by atoms with Crippen LogP contribution >= 0.6 is 0 Å². The number of fused-ring (bicyclic) bond motifs is 2. The topological polar surface area (TPSA) is 404 Å². The monoisotopic (exact) mass is 1470 g/mol. The zero-order valence-electron chi connectivity index (χ0n) is 58.1. The van der Waals surface area contributed by atoms with Crippen molar-refractivity contribution in [3.8, 4) is 22.9 Å². The zero-order chi connectivity index (χ0) is 75.2. The van der Waals surface area contributed by atoms with E-state index in [1.807, 2.05) is 47.9 Å². The van der Waals surface area contributed by atoms with Gasteiger partial charge in [-0.15, -0.1) is 0 Å². The number of rotatable bonds is 38. The lowest BCUT2D eigenvalue weighted by Gasteiger charge is -2.31. The van der Waals surface area contributed by atoms with E-state index in [2.05, 4.69) is 62.7 Å². The van der Waals surface area contributed by atoms with Gasteiger partial charge in [-0.3, -0.25) is 57.6 Å². The lowest BCUT2D eigenvalue weighted by Crippen LogP contribution is -2.55.